The third-order valence-corrected chi connectivity index (χ3v) is 6.27. The van der Waals surface area contributed by atoms with Crippen LogP contribution in [0.15, 0.2) is 55.0 Å². The second kappa shape index (κ2) is 10.5. The monoisotopic (exact) mass is 470 g/mol. The van der Waals surface area contributed by atoms with Crippen LogP contribution in [0.5, 0.6) is 0 Å². The van der Waals surface area contributed by atoms with Crippen molar-refractivity contribution in [3.63, 3.8) is 0 Å². The van der Waals surface area contributed by atoms with E-state index in [2.05, 4.69) is 46.1 Å². The first-order valence-corrected chi connectivity index (χ1v) is 11.8. The Hall–Kier alpha value is -2.34. The Morgan fingerprint density at radius 1 is 1.03 bits per heavy atom. The van der Waals surface area contributed by atoms with Crippen molar-refractivity contribution in [2.24, 2.45) is 0 Å². The van der Waals surface area contributed by atoms with Gasteiger partial charge < -0.3 is 14.8 Å². The van der Waals surface area contributed by atoms with Crippen LogP contribution in [0.25, 0.3) is 0 Å². The number of likely N-dealkylation sites (tertiary alicyclic amines) is 1. The Labute approximate surface area is 199 Å². The highest BCUT2D eigenvalue weighted by Gasteiger charge is 2.31. The summed E-state index contributed by atoms with van der Waals surface area (Å²) in [5, 5.41) is 4.59. The number of rotatable bonds is 9. The van der Waals surface area contributed by atoms with Crippen LogP contribution in [0.4, 0.5) is 0 Å². The number of aryl methyl sites for hydroxylation is 1. The zero-order valence-electron chi connectivity index (χ0n) is 18.2. The summed E-state index contributed by atoms with van der Waals surface area (Å²) < 4.78 is 2.13. The minimum Gasteiger partial charge on any atom is -0.337 e. The van der Waals surface area contributed by atoms with Crippen molar-refractivity contribution in [2.75, 3.05) is 6.54 Å². The van der Waals surface area contributed by atoms with E-state index in [1.165, 1.54) is 11.1 Å². The van der Waals surface area contributed by atoms with Gasteiger partial charge in [0.2, 0.25) is 5.91 Å². The zero-order chi connectivity index (χ0) is 22.5. The third kappa shape index (κ3) is 5.71. The fourth-order valence-corrected chi connectivity index (χ4v) is 4.74. The topological polar surface area (TPSA) is 50.2 Å². The second-order valence-electron chi connectivity index (χ2n) is 8.34. The first kappa shape index (κ1) is 22.8. The van der Waals surface area contributed by atoms with Crippen LogP contribution in [0.3, 0.4) is 0 Å². The molecule has 1 saturated heterocycles. The number of imidazole rings is 1. The fraction of sp³-hybridized carbons (Fsp3) is 0.360. The Bertz CT molecular complexity index is 1040. The molecule has 5 nitrogen and oxygen atoms in total. The van der Waals surface area contributed by atoms with Gasteiger partial charge in [-0.3, -0.25) is 4.79 Å². The molecule has 168 valence electrons. The van der Waals surface area contributed by atoms with Gasteiger partial charge in [0.1, 0.15) is 0 Å². The molecule has 1 aromatic heterocycles. The van der Waals surface area contributed by atoms with Crippen molar-refractivity contribution < 1.29 is 4.79 Å². The predicted molar refractivity (Wildman–Crippen MR) is 129 cm³/mol. The molecule has 0 aliphatic carbocycles. The minimum absolute atomic E-state index is 0.110. The minimum atomic E-state index is -0.193. The SMILES string of the molecule is CCCc1ccc(Cn2cncc2CNC2CCN(Cc3cc(Cl)cc(Cl)c3)C2=O)cc1. The van der Waals surface area contributed by atoms with E-state index in [0.717, 1.165) is 37.1 Å². The van der Waals surface area contributed by atoms with E-state index in [1.54, 1.807) is 6.07 Å². The number of carbonyl (C=O) groups excluding carboxylic acids is 1. The van der Waals surface area contributed by atoms with Gasteiger partial charge in [-0.05, 0) is 47.7 Å². The summed E-state index contributed by atoms with van der Waals surface area (Å²) in [6.07, 6.45) is 6.75. The maximum Gasteiger partial charge on any atom is 0.240 e. The van der Waals surface area contributed by atoms with Crippen molar-refractivity contribution >= 4 is 29.1 Å². The van der Waals surface area contributed by atoms with Crippen LogP contribution in [0.2, 0.25) is 10.0 Å². The number of carbonyl (C=O) groups is 1. The first-order chi connectivity index (χ1) is 15.5. The van der Waals surface area contributed by atoms with Crippen LogP contribution in [0.1, 0.15) is 42.1 Å². The molecule has 1 fully saturated rings. The van der Waals surface area contributed by atoms with E-state index in [-0.39, 0.29) is 11.9 Å². The molecular formula is C25H28Cl2N4O. The molecule has 1 unspecified atom stereocenters. The van der Waals surface area contributed by atoms with Crippen molar-refractivity contribution in [1.82, 2.24) is 19.8 Å². The maximum atomic E-state index is 12.9. The van der Waals surface area contributed by atoms with Gasteiger partial charge >= 0.3 is 0 Å². The summed E-state index contributed by atoms with van der Waals surface area (Å²) in [5.74, 6) is 0.110. The van der Waals surface area contributed by atoms with E-state index in [4.69, 9.17) is 23.2 Å². The highest BCUT2D eigenvalue weighted by atomic mass is 35.5. The molecule has 1 N–H and O–H groups in total. The van der Waals surface area contributed by atoms with E-state index in [1.807, 2.05) is 29.6 Å². The summed E-state index contributed by atoms with van der Waals surface area (Å²) in [6.45, 7) is 4.79. The van der Waals surface area contributed by atoms with Crippen LogP contribution in [0, 0.1) is 0 Å². The predicted octanol–water partition coefficient (Wildman–Crippen LogP) is 5.08. The molecule has 7 heteroatoms. The van der Waals surface area contributed by atoms with Crippen LogP contribution < -0.4 is 5.32 Å². The van der Waals surface area contributed by atoms with E-state index in [9.17, 15) is 4.79 Å². The fourth-order valence-electron chi connectivity index (χ4n) is 4.17. The molecule has 1 aliphatic heterocycles. The normalized spacial score (nSPS) is 16.2. The van der Waals surface area contributed by atoms with Crippen molar-refractivity contribution in [1.29, 1.82) is 0 Å². The number of aromatic nitrogens is 2. The summed E-state index contributed by atoms with van der Waals surface area (Å²) in [7, 11) is 0. The number of hydrogen-bond acceptors (Lipinski definition) is 3. The van der Waals surface area contributed by atoms with Crippen molar-refractivity contribution in [3.8, 4) is 0 Å². The second-order valence-corrected chi connectivity index (χ2v) is 9.21. The number of hydrogen-bond donors (Lipinski definition) is 1. The van der Waals surface area contributed by atoms with Gasteiger partial charge in [0, 0.05) is 42.4 Å². The molecule has 1 aliphatic rings. The molecule has 0 bridgehead atoms. The number of halogens is 2. The molecule has 0 saturated carbocycles. The molecule has 4 rings (SSSR count). The van der Waals surface area contributed by atoms with E-state index < -0.39 is 0 Å². The molecule has 2 aromatic carbocycles. The van der Waals surface area contributed by atoms with E-state index in [0.29, 0.717) is 29.7 Å². The first-order valence-electron chi connectivity index (χ1n) is 11.1. The average molecular weight is 471 g/mol. The van der Waals surface area contributed by atoms with Gasteiger partial charge in [0.15, 0.2) is 0 Å². The Kier molecular flexibility index (Phi) is 7.51. The number of nitrogens with one attached hydrogen (secondary N) is 1. The van der Waals surface area contributed by atoms with Crippen molar-refractivity contribution in [2.45, 2.75) is 51.9 Å². The Balaban J connectivity index is 1.32. The van der Waals surface area contributed by atoms with Crippen LogP contribution in [-0.4, -0.2) is 32.9 Å². The maximum absolute atomic E-state index is 12.9. The van der Waals surface area contributed by atoms with Crippen LogP contribution in [-0.2, 0) is 30.8 Å². The highest BCUT2D eigenvalue weighted by Crippen LogP contribution is 2.22. The summed E-state index contributed by atoms with van der Waals surface area (Å²) in [4.78, 5) is 19.1. The van der Waals surface area contributed by atoms with Crippen molar-refractivity contribution in [3.05, 3.63) is 87.4 Å². The molecule has 32 heavy (non-hydrogen) atoms. The lowest BCUT2D eigenvalue weighted by Gasteiger charge is -2.18. The van der Waals surface area contributed by atoms with E-state index >= 15 is 0 Å². The molecule has 2 heterocycles. The summed E-state index contributed by atoms with van der Waals surface area (Å²) in [5.41, 5.74) is 4.62. The van der Waals surface area contributed by atoms with Gasteiger partial charge in [-0.25, -0.2) is 4.98 Å². The third-order valence-electron chi connectivity index (χ3n) is 5.84. The van der Waals surface area contributed by atoms with Crippen LogP contribution >= 0.6 is 23.2 Å². The van der Waals surface area contributed by atoms with Gasteiger partial charge in [-0.2, -0.15) is 0 Å². The summed E-state index contributed by atoms with van der Waals surface area (Å²) >= 11 is 12.2. The molecular weight excluding hydrogens is 443 g/mol. The molecule has 1 atom stereocenters. The standard InChI is InChI=1S/C25H28Cl2N4O/c1-2-3-18-4-6-19(7-5-18)15-31-17-28-13-23(31)14-29-24-8-9-30(25(24)32)16-20-10-21(26)12-22(27)11-20/h4-7,10-13,17,24,29H,2-3,8-9,14-16H2,1H3. The Morgan fingerprint density at radius 2 is 1.75 bits per heavy atom. The van der Waals surface area contributed by atoms with Gasteiger partial charge in [-0.15, -0.1) is 0 Å². The lowest BCUT2D eigenvalue weighted by molar-refractivity contribution is -0.129. The largest absolute Gasteiger partial charge is 0.337 e. The number of benzene rings is 2. The summed E-state index contributed by atoms with van der Waals surface area (Å²) in [6, 6.07) is 14.0. The highest BCUT2D eigenvalue weighted by molar-refractivity contribution is 6.34. The number of nitrogens with zero attached hydrogens (tertiary/aromatic N) is 3. The zero-order valence-corrected chi connectivity index (χ0v) is 19.7. The lowest BCUT2D eigenvalue weighted by atomic mass is 10.1. The smallest absolute Gasteiger partial charge is 0.240 e. The lowest BCUT2D eigenvalue weighted by Crippen LogP contribution is -2.38. The molecule has 0 radical (unpaired) electrons. The molecule has 3 aromatic rings. The van der Waals surface area contributed by atoms with Gasteiger partial charge in [0.25, 0.3) is 0 Å². The van der Waals surface area contributed by atoms with Gasteiger partial charge in [0.05, 0.1) is 18.1 Å². The molecule has 1 amide bonds. The van der Waals surface area contributed by atoms with Gasteiger partial charge in [-0.1, -0.05) is 60.8 Å². The quantitative estimate of drug-likeness (QED) is 0.474. The Morgan fingerprint density at radius 3 is 2.47 bits per heavy atom. The number of amides is 1. The molecule has 0 spiro atoms. The average Bonchev–Trinajstić information content (AvgIpc) is 3.34.